The molecular formula is C21H33N3O2. The van der Waals surface area contributed by atoms with E-state index in [1.807, 2.05) is 39.8 Å². The van der Waals surface area contributed by atoms with Gasteiger partial charge in [0.1, 0.15) is 0 Å². The minimum Gasteiger partial charge on any atom is -0.353 e. The molecule has 1 fully saturated rings. The average molecular weight is 360 g/mol. The molecule has 2 rings (SSSR count). The Balaban J connectivity index is 1.68. The Morgan fingerprint density at radius 3 is 2.23 bits per heavy atom. The highest BCUT2D eigenvalue weighted by Crippen LogP contribution is 2.23. The van der Waals surface area contributed by atoms with Gasteiger partial charge in [-0.05, 0) is 71.4 Å². The second-order valence-electron chi connectivity index (χ2n) is 7.91. The van der Waals surface area contributed by atoms with Gasteiger partial charge in [-0.3, -0.25) is 9.59 Å². The van der Waals surface area contributed by atoms with Crippen molar-refractivity contribution >= 4 is 11.8 Å². The monoisotopic (exact) mass is 359 g/mol. The summed E-state index contributed by atoms with van der Waals surface area (Å²) >= 11 is 0. The van der Waals surface area contributed by atoms with Gasteiger partial charge in [-0.2, -0.15) is 0 Å². The lowest BCUT2D eigenvalue weighted by molar-refractivity contribution is -0.120. The number of carbonyl (C=O) groups is 2. The average Bonchev–Trinajstić information content (AvgIpc) is 2.57. The molecule has 1 aliphatic rings. The van der Waals surface area contributed by atoms with E-state index in [1.165, 1.54) is 0 Å². The van der Waals surface area contributed by atoms with Crippen LogP contribution in [0.25, 0.3) is 0 Å². The SMILES string of the molecule is Cc1cc(C)cc(C(=O)NCC2CCC(NCC(=O)NC(C)C)CC2)c1. The van der Waals surface area contributed by atoms with E-state index >= 15 is 0 Å². The molecule has 1 aromatic carbocycles. The van der Waals surface area contributed by atoms with Crippen LogP contribution < -0.4 is 16.0 Å². The molecule has 0 atom stereocenters. The van der Waals surface area contributed by atoms with Crippen LogP contribution in [0.4, 0.5) is 0 Å². The first-order valence-electron chi connectivity index (χ1n) is 9.72. The van der Waals surface area contributed by atoms with Crippen molar-refractivity contribution < 1.29 is 9.59 Å². The molecule has 1 aliphatic carbocycles. The van der Waals surface area contributed by atoms with Crippen molar-refractivity contribution in [2.24, 2.45) is 5.92 Å². The van der Waals surface area contributed by atoms with Crippen molar-refractivity contribution in [3.05, 3.63) is 34.9 Å². The van der Waals surface area contributed by atoms with E-state index in [1.54, 1.807) is 0 Å². The van der Waals surface area contributed by atoms with Crippen molar-refractivity contribution in [3.63, 3.8) is 0 Å². The number of aryl methyl sites for hydroxylation is 2. The first-order chi connectivity index (χ1) is 12.3. The standard InChI is InChI=1S/C21H33N3O2/c1-14(2)24-20(25)13-22-19-7-5-17(6-8-19)12-23-21(26)18-10-15(3)9-16(4)11-18/h9-11,14,17,19,22H,5-8,12-13H2,1-4H3,(H,23,26)(H,24,25). The number of rotatable bonds is 7. The third kappa shape index (κ3) is 6.79. The molecule has 5 heteroatoms. The Hall–Kier alpha value is -1.88. The maximum absolute atomic E-state index is 12.4. The minimum atomic E-state index is 0.0161. The molecule has 0 aliphatic heterocycles. The molecule has 26 heavy (non-hydrogen) atoms. The highest BCUT2D eigenvalue weighted by atomic mass is 16.2. The molecule has 0 unspecified atom stereocenters. The smallest absolute Gasteiger partial charge is 0.251 e. The molecule has 1 aromatic rings. The third-order valence-corrected chi connectivity index (χ3v) is 4.88. The summed E-state index contributed by atoms with van der Waals surface area (Å²) in [5, 5.41) is 9.34. The van der Waals surface area contributed by atoms with E-state index in [-0.39, 0.29) is 17.9 Å². The molecule has 0 aromatic heterocycles. The minimum absolute atomic E-state index is 0.0161. The molecule has 1 saturated carbocycles. The Kier molecular flexibility index (Phi) is 7.64. The predicted molar refractivity (Wildman–Crippen MR) is 105 cm³/mol. The van der Waals surface area contributed by atoms with Gasteiger partial charge in [-0.15, -0.1) is 0 Å². The van der Waals surface area contributed by atoms with Gasteiger partial charge in [-0.25, -0.2) is 0 Å². The van der Waals surface area contributed by atoms with Crippen LogP contribution >= 0.6 is 0 Å². The zero-order valence-electron chi connectivity index (χ0n) is 16.5. The molecule has 3 N–H and O–H groups in total. The second-order valence-corrected chi connectivity index (χ2v) is 7.91. The Morgan fingerprint density at radius 2 is 1.65 bits per heavy atom. The van der Waals surface area contributed by atoms with Crippen LogP contribution in [0.5, 0.6) is 0 Å². The van der Waals surface area contributed by atoms with Crippen LogP contribution in [0.3, 0.4) is 0 Å². The highest BCUT2D eigenvalue weighted by Gasteiger charge is 2.22. The Labute approximate surface area is 157 Å². The number of benzene rings is 1. The summed E-state index contributed by atoms with van der Waals surface area (Å²) in [6, 6.07) is 6.53. The zero-order chi connectivity index (χ0) is 19.1. The summed E-state index contributed by atoms with van der Waals surface area (Å²) in [6.45, 7) is 9.08. The van der Waals surface area contributed by atoms with Crippen molar-refractivity contribution in [2.75, 3.05) is 13.1 Å². The van der Waals surface area contributed by atoms with E-state index in [2.05, 4.69) is 22.0 Å². The van der Waals surface area contributed by atoms with Crippen molar-refractivity contribution in [3.8, 4) is 0 Å². The van der Waals surface area contributed by atoms with E-state index in [4.69, 9.17) is 0 Å². The summed E-state index contributed by atoms with van der Waals surface area (Å²) in [5.41, 5.74) is 2.97. The number of hydrogen-bond donors (Lipinski definition) is 3. The largest absolute Gasteiger partial charge is 0.353 e. The fraction of sp³-hybridized carbons (Fsp3) is 0.619. The van der Waals surface area contributed by atoms with Gasteiger partial charge in [0.15, 0.2) is 0 Å². The van der Waals surface area contributed by atoms with Gasteiger partial charge >= 0.3 is 0 Å². The number of hydrogen-bond acceptors (Lipinski definition) is 3. The lowest BCUT2D eigenvalue weighted by Gasteiger charge is -2.29. The van der Waals surface area contributed by atoms with Gasteiger partial charge in [0.05, 0.1) is 6.54 Å². The first-order valence-corrected chi connectivity index (χ1v) is 9.72. The molecule has 5 nitrogen and oxygen atoms in total. The zero-order valence-corrected chi connectivity index (χ0v) is 16.5. The van der Waals surface area contributed by atoms with Gasteiger partial charge in [0, 0.05) is 24.2 Å². The topological polar surface area (TPSA) is 70.2 Å². The van der Waals surface area contributed by atoms with E-state index < -0.39 is 0 Å². The quantitative estimate of drug-likeness (QED) is 0.701. The fourth-order valence-electron chi connectivity index (χ4n) is 3.63. The maximum Gasteiger partial charge on any atom is 0.251 e. The maximum atomic E-state index is 12.4. The van der Waals surface area contributed by atoms with E-state index in [9.17, 15) is 9.59 Å². The van der Waals surface area contributed by atoms with Gasteiger partial charge in [0.2, 0.25) is 5.91 Å². The molecule has 144 valence electrons. The lowest BCUT2D eigenvalue weighted by atomic mass is 9.86. The van der Waals surface area contributed by atoms with E-state index in [0.717, 1.165) is 48.9 Å². The van der Waals surface area contributed by atoms with Crippen LogP contribution in [0.15, 0.2) is 18.2 Å². The molecular weight excluding hydrogens is 326 g/mol. The van der Waals surface area contributed by atoms with Crippen LogP contribution in [0, 0.1) is 19.8 Å². The van der Waals surface area contributed by atoms with Crippen molar-refractivity contribution in [2.45, 2.75) is 65.5 Å². The number of carbonyl (C=O) groups excluding carboxylic acids is 2. The fourth-order valence-corrected chi connectivity index (χ4v) is 3.63. The Bertz CT molecular complexity index is 599. The molecule has 2 amide bonds. The summed E-state index contributed by atoms with van der Waals surface area (Å²) in [7, 11) is 0. The molecule has 0 saturated heterocycles. The number of nitrogens with one attached hydrogen (secondary N) is 3. The molecule has 0 heterocycles. The number of amides is 2. The second kappa shape index (κ2) is 9.72. The van der Waals surface area contributed by atoms with Crippen LogP contribution in [0.1, 0.15) is 61.0 Å². The van der Waals surface area contributed by atoms with Gasteiger partial charge in [-0.1, -0.05) is 17.2 Å². The first kappa shape index (κ1) is 20.4. The van der Waals surface area contributed by atoms with Crippen LogP contribution in [-0.4, -0.2) is 37.0 Å². The lowest BCUT2D eigenvalue weighted by Crippen LogP contribution is -2.43. The molecule has 0 spiro atoms. The predicted octanol–water partition coefficient (Wildman–Crippen LogP) is 2.71. The summed E-state index contributed by atoms with van der Waals surface area (Å²) < 4.78 is 0. The van der Waals surface area contributed by atoms with Crippen molar-refractivity contribution in [1.29, 1.82) is 0 Å². The summed E-state index contributed by atoms with van der Waals surface area (Å²) in [4.78, 5) is 24.1. The normalized spacial score (nSPS) is 20.0. The van der Waals surface area contributed by atoms with Gasteiger partial charge < -0.3 is 16.0 Å². The molecule has 0 bridgehead atoms. The molecule has 0 radical (unpaired) electrons. The van der Waals surface area contributed by atoms with E-state index in [0.29, 0.717) is 18.5 Å². The van der Waals surface area contributed by atoms with Crippen molar-refractivity contribution in [1.82, 2.24) is 16.0 Å². The third-order valence-electron chi connectivity index (χ3n) is 4.88. The highest BCUT2D eigenvalue weighted by molar-refractivity contribution is 5.94. The van der Waals surface area contributed by atoms with Crippen LogP contribution in [0.2, 0.25) is 0 Å². The summed E-state index contributed by atoms with van der Waals surface area (Å²) in [5.74, 6) is 0.595. The summed E-state index contributed by atoms with van der Waals surface area (Å²) in [6.07, 6.45) is 4.27. The Morgan fingerprint density at radius 1 is 1.04 bits per heavy atom. The van der Waals surface area contributed by atoms with Gasteiger partial charge in [0.25, 0.3) is 5.91 Å². The van der Waals surface area contributed by atoms with Crippen LogP contribution in [-0.2, 0) is 4.79 Å².